The Morgan fingerprint density at radius 3 is 2.60 bits per heavy atom. The van der Waals surface area contributed by atoms with Crippen LogP contribution in [-0.4, -0.2) is 54.6 Å². The van der Waals surface area contributed by atoms with Crippen LogP contribution in [0.2, 0.25) is 0 Å². The molecule has 1 aliphatic heterocycles. The quantitative estimate of drug-likeness (QED) is 0.551. The summed E-state index contributed by atoms with van der Waals surface area (Å²) in [5.74, 6) is 1.13. The third-order valence-corrected chi connectivity index (χ3v) is 6.23. The van der Waals surface area contributed by atoms with E-state index in [4.69, 9.17) is 4.74 Å². The third kappa shape index (κ3) is 5.49. The molecular weight excluding hydrogens is 396 g/mol. The number of piperazine rings is 1. The zero-order valence-electron chi connectivity index (χ0n) is 17.1. The number of nitrogens with one attached hydrogen (secondary N) is 1. The van der Waals surface area contributed by atoms with Gasteiger partial charge in [-0.25, -0.2) is 4.79 Å². The summed E-state index contributed by atoms with van der Waals surface area (Å²) in [6.07, 6.45) is 1.68. The molecule has 6 nitrogen and oxygen atoms in total. The van der Waals surface area contributed by atoms with Gasteiger partial charge in [-0.2, -0.15) is 4.37 Å². The number of aromatic nitrogens is 1. The van der Waals surface area contributed by atoms with Crippen molar-refractivity contribution in [3.8, 4) is 0 Å². The first-order valence-electron chi connectivity index (χ1n) is 10.6. The van der Waals surface area contributed by atoms with Crippen LogP contribution >= 0.6 is 11.5 Å². The predicted octanol–water partition coefficient (Wildman–Crippen LogP) is 4.12. The number of anilines is 1. The van der Waals surface area contributed by atoms with Crippen LogP contribution in [0.5, 0.6) is 0 Å². The van der Waals surface area contributed by atoms with Gasteiger partial charge in [-0.1, -0.05) is 42.5 Å². The molecule has 0 radical (unpaired) electrons. The maximum Gasteiger partial charge on any atom is 0.407 e. The van der Waals surface area contributed by atoms with Gasteiger partial charge in [-0.05, 0) is 48.6 Å². The van der Waals surface area contributed by atoms with E-state index in [1.165, 1.54) is 10.1 Å². The van der Waals surface area contributed by atoms with E-state index in [2.05, 4.69) is 43.8 Å². The fourth-order valence-electron chi connectivity index (χ4n) is 3.71. The largest absolute Gasteiger partial charge is 0.445 e. The summed E-state index contributed by atoms with van der Waals surface area (Å²) in [5, 5.41) is 4.10. The second-order valence-electron chi connectivity index (χ2n) is 7.53. The number of nitrogens with zero attached hydrogens (tertiary/aromatic N) is 3. The van der Waals surface area contributed by atoms with E-state index in [9.17, 15) is 4.79 Å². The van der Waals surface area contributed by atoms with Gasteiger partial charge in [0.2, 0.25) is 0 Å². The van der Waals surface area contributed by atoms with E-state index in [0.717, 1.165) is 56.9 Å². The van der Waals surface area contributed by atoms with Gasteiger partial charge >= 0.3 is 6.09 Å². The highest BCUT2D eigenvalue weighted by Crippen LogP contribution is 2.29. The average molecular weight is 425 g/mol. The number of rotatable bonds is 8. The SMILES string of the molecule is O=C(NCCCCN1CCN(c2nsc3ccccc23)CC1)OCc1ccccc1. The fraction of sp³-hybridized carbons (Fsp3) is 0.391. The molecule has 1 aromatic heterocycles. The highest BCUT2D eigenvalue weighted by Gasteiger charge is 2.20. The summed E-state index contributed by atoms with van der Waals surface area (Å²) < 4.78 is 11.2. The van der Waals surface area contributed by atoms with Crippen LogP contribution in [0.1, 0.15) is 18.4 Å². The topological polar surface area (TPSA) is 57.7 Å². The molecule has 1 saturated heterocycles. The van der Waals surface area contributed by atoms with Crippen molar-refractivity contribution in [2.75, 3.05) is 44.2 Å². The van der Waals surface area contributed by atoms with Crippen molar-refractivity contribution in [1.29, 1.82) is 0 Å². The maximum atomic E-state index is 11.8. The van der Waals surface area contributed by atoms with E-state index in [0.29, 0.717) is 13.2 Å². The average Bonchev–Trinajstić information content (AvgIpc) is 3.23. The van der Waals surface area contributed by atoms with E-state index < -0.39 is 0 Å². The van der Waals surface area contributed by atoms with Gasteiger partial charge in [0.05, 0.1) is 4.70 Å². The number of carbonyl (C=O) groups is 1. The first-order valence-corrected chi connectivity index (χ1v) is 11.3. The van der Waals surface area contributed by atoms with E-state index in [-0.39, 0.29) is 6.09 Å². The van der Waals surface area contributed by atoms with Crippen molar-refractivity contribution in [3.63, 3.8) is 0 Å². The van der Waals surface area contributed by atoms with Gasteiger partial charge in [0, 0.05) is 38.1 Å². The lowest BCUT2D eigenvalue weighted by Gasteiger charge is -2.35. The number of carbonyl (C=O) groups excluding carboxylic acids is 1. The molecule has 0 saturated carbocycles. The van der Waals surface area contributed by atoms with Crippen LogP contribution in [0.4, 0.5) is 10.6 Å². The zero-order chi connectivity index (χ0) is 20.6. The molecule has 30 heavy (non-hydrogen) atoms. The van der Waals surface area contributed by atoms with Crippen molar-refractivity contribution < 1.29 is 9.53 Å². The van der Waals surface area contributed by atoms with Gasteiger partial charge in [0.25, 0.3) is 0 Å². The molecule has 0 aliphatic carbocycles. The first-order chi connectivity index (χ1) is 14.8. The van der Waals surface area contributed by atoms with Gasteiger partial charge in [-0.3, -0.25) is 4.90 Å². The number of hydrogen-bond acceptors (Lipinski definition) is 6. The van der Waals surface area contributed by atoms with E-state index in [1.54, 1.807) is 11.5 Å². The molecular formula is C23H28N4O2S. The Morgan fingerprint density at radius 1 is 1.00 bits per heavy atom. The molecule has 7 heteroatoms. The number of hydrogen-bond donors (Lipinski definition) is 1. The zero-order valence-corrected chi connectivity index (χ0v) is 17.9. The molecule has 3 aromatic rings. The van der Waals surface area contributed by atoms with Crippen molar-refractivity contribution in [1.82, 2.24) is 14.6 Å². The smallest absolute Gasteiger partial charge is 0.407 e. The molecule has 0 spiro atoms. The van der Waals surface area contributed by atoms with Crippen LogP contribution in [-0.2, 0) is 11.3 Å². The second-order valence-corrected chi connectivity index (χ2v) is 8.33. The molecule has 1 aliphatic rings. The number of amides is 1. The van der Waals surface area contributed by atoms with Gasteiger partial charge in [-0.15, -0.1) is 0 Å². The van der Waals surface area contributed by atoms with Crippen molar-refractivity contribution in [3.05, 3.63) is 60.2 Å². The van der Waals surface area contributed by atoms with E-state index in [1.807, 2.05) is 30.3 Å². The van der Waals surface area contributed by atoms with Gasteiger partial charge in [0.15, 0.2) is 0 Å². The molecule has 1 N–H and O–H groups in total. The van der Waals surface area contributed by atoms with Gasteiger partial charge < -0.3 is 15.0 Å². The lowest BCUT2D eigenvalue weighted by Crippen LogP contribution is -2.46. The number of unbranched alkanes of at least 4 members (excludes halogenated alkanes) is 1. The summed E-state index contributed by atoms with van der Waals surface area (Å²) in [5.41, 5.74) is 0.998. The van der Waals surface area contributed by atoms with Gasteiger partial charge in [0.1, 0.15) is 12.4 Å². The predicted molar refractivity (Wildman–Crippen MR) is 122 cm³/mol. The van der Waals surface area contributed by atoms with Crippen LogP contribution in [0.15, 0.2) is 54.6 Å². The van der Waals surface area contributed by atoms with Crippen LogP contribution in [0, 0.1) is 0 Å². The Bertz CT molecular complexity index is 939. The van der Waals surface area contributed by atoms with Crippen molar-refractivity contribution in [2.45, 2.75) is 19.4 Å². The monoisotopic (exact) mass is 424 g/mol. The first kappa shape index (κ1) is 20.6. The molecule has 0 bridgehead atoms. The Morgan fingerprint density at radius 2 is 1.77 bits per heavy atom. The summed E-state index contributed by atoms with van der Waals surface area (Å²) in [4.78, 5) is 16.7. The third-order valence-electron chi connectivity index (χ3n) is 5.41. The molecule has 1 amide bonds. The van der Waals surface area contributed by atoms with Crippen LogP contribution in [0.3, 0.4) is 0 Å². The van der Waals surface area contributed by atoms with E-state index >= 15 is 0 Å². The number of fused-ring (bicyclic) bond motifs is 1. The lowest BCUT2D eigenvalue weighted by atomic mass is 10.2. The molecule has 1 fully saturated rings. The lowest BCUT2D eigenvalue weighted by molar-refractivity contribution is 0.139. The molecule has 0 unspecified atom stereocenters. The van der Waals surface area contributed by atoms with Crippen molar-refractivity contribution >= 4 is 33.5 Å². The fourth-order valence-corrected chi connectivity index (χ4v) is 4.50. The summed E-state index contributed by atoms with van der Waals surface area (Å²) in [6.45, 7) is 6.16. The van der Waals surface area contributed by atoms with Crippen LogP contribution in [0.25, 0.3) is 10.1 Å². The Labute approximate surface area is 181 Å². The Hall–Kier alpha value is -2.64. The number of benzene rings is 2. The maximum absolute atomic E-state index is 11.8. The Kier molecular flexibility index (Phi) is 7.16. The summed E-state index contributed by atoms with van der Waals surface area (Å²) >= 11 is 1.58. The standard InChI is InChI=1S/C23H28N4O2S/c28-23(29-18-19-8-2-1-3-9-19)24-12-6-7-13-26-14-16-27(17-15-26)22-20-10-4-5-11-21(20)30-25-22/h1-5,8-11H,6-7,12-18H2,(H,24,28). The molecule has 4 rings (SSSR count). The minimum absolute atomic E-state index is 0.311. The van der Waals surface area contributed by atoms with Crippen LogP contribution < -0.4 is 10.2 Å². The minimum atomic E-state index is -0.344. The highest BCUT2D eigenvalue weighted by atomic mass is 32.1. The Balaban J connectivity index is 1.09. The number of alkyl carbamates (subject to hydrolysis) is 1. The normalized spacial score (nSPS) is 14.7. The molecule has 2 aromatic carbocycles. The molecule has 2 heterocycles. The summed E-state index contributed by atoms with van der Waals surface area (Å²) in [7, 11) is 0. The van der Waals surface area contributed by atoms with Crippen molar-refractivity contribution in [2.24, 2.45) is 0 Å². The highest BCUT2D eigenvalue weighted by molar-refractivity contribution is 7.13. The minimum Gasteiger partial charge on any atom is -0.445 e. The molecule has 0 atom stereocenters. The number of ether oxygens (including phenoxy) is 1. The summed E-state index contributed by atoms with van der Waals surface area (Å²) in [6, 6.07) is 18.2. The second kappa shape index (κ2) is 10.4. The molecule has 158 valence electrons.